The second kappa shape index (κ2) is 4.85. The molecule has 1 fully saturated rings. The highest BCUT2D eigenvalue weighted by atomic mass is 32.2. The van der Waals surface area contributed by atoms with Crippen LogP contribution in [0.3, 0.4) is 0 Å². The third-order valence-corrected chi connectivity index (χ3v) is 4.63. The Morgan fingerprint density at radius 3 is 2.72 bits per heavy atom. The molecule has 4 nitrogen and oxygen atoms in total. The Morgan fingerprint density at radius 2 is 2.11 bits per heavy atom. The number of hydrogen-bond donors (Lipinski definition) is 2. The van der Waals surface area contributed by atoms with Crippen LogP contribution in [0.5, 0.6) is 0 Å². The van der Waals surface area contributed by atoms with Crippen molar-refractivity contribution in [2.24, 2.45) is 5.92 Å². The van der Waals surface area contributed by atoms with Gasteiger partial charge in [0.2, 0.25) is 10.0 Å². The van der Waals surface area contributed by atoms with Crippen molar-refractivity contribution in [1.82, 2.24) is 4.72 Å². The van der Waals surface area contributed by atoms with Gasteiger partial charge in [-0.15, -0.1) is 0 Å². The van der Waals surface area contributed by atoms with Gasteiger partial charge in [-0.3, -0.25) is 0 Å². The van der Waals surface area contributed by atoms with E-state index in [0.29, 0.717) is 18.0 Å². The lowest BCUT2D eigenvalue weighted by atomic mass is 10.2. The van der Waals surface area contributed by atoms with Crippen molar-refractivity contribution in [1.29, 1.82) is 0 Å². The van der Waals surface area contributed by atoms with Crippen LogP contribution >= 0.6 is 0 Å². The average Bonchev–Trinajstić information content (AvgIpc) is 3.07. The van der Waals surface area contributed by atoms with Crippen molar-refractivity contribution in [2.75, 3.05) is 12.3 Å². The zero-order valence-corrected chi connectivity index (χ0v) is 11.1. The highest BCUT2D eigenvalue weighted by molar-refractivity contribution is 7.89. The van der Waals surface area contributed by atoms with Gasteiger partial charge in [-0.2, -0.15) is 0 Å². The van der Waals surface area contributed by atoms with Crippen LogP contribution in [0.1, 0.15) is 24.8 Å². The van der Waals surface area contributed by atoms with Crippen LogP contribution in [-0.2, 0) is 10.0 Å². The number of rotatable bonds is 5. The van der Waals surface area contributed by atoms with Gasteiger partial charge in [-0.05, 0) is 37.0 Å². The van der Waals surface area contributed by atoms with Gasteiger partial charge in [0.15, 0.2) is 0 Å². The van der Waals surface area contributed by atoms with Crippen molar-refractivity contribution in [3.8, 4) is 0 Å². The molecule has 1 aliphatic rings. The molecule has 0 heterocycles. The van der Waals surface area contributed by atoms with E-state index in [1.54, 1.807) is 6.92 Å². The van der Waals surface area contributed by atoms with Crippen molar-refractivity contribution < 1.29 is 12.8 Å². The lowest BCUT2D eigenvalue weighted by Crippen LogP contribution is -2.26. The van der Waals surface area contributed by atoms with Gasteiger partial charge in [0.05, 0.1) is 0 Å². The van der Waals surface area contributed by atoms with Crippen LogP contribution in [-0.4, -0.2) is 15.0 Å². The molecule has 0 aliphatic heterocycles. The second-order valence-electron chi connectivity index (χ2n) is 4.77. The second-order valence-corrected chi connectivity index (χ2v) is 6.50. The summed E-state index contributed by atoms with van der Waals surface area (Å²) in [6, 6.07) is 2.31. The van der Waals surface area contributed by atoms with Crippen molar-refractivity contribution in [3.05, 3.63) is 23.5 Å². The van der Waals surface area contributed by atoms with Gasteiger partial charge in [-0.1, -0.05) is 12.8 Å². The molecule has 0 saturated heterocycles. The van der Waals surface area contributed by atoms with Gasteiger partial charge in [0.1, 0.15) is 10.7 Å². The molecule has 100 valence electrons. The molecule has 0 atom stereocenters. The summed E-state index contributed by atoms with van der Waals surface area (Å²) < 4.78 is 39.9. The van der Waals surface area contributed by atoms with E-state index in [2.05, 4.69) is 4.72 Å². The molecule has 1 aromatic rings. The predicted molar refractivity (Wildman–Crippen MR) is 68.1 cm³/mol. The molecule has 18 heavy (non-hydrogen) atoms. The van der Waals surface area contributed by atoms with Crippen molar-refractivity contribution >= 4 is 15.7 Å². The first-order chi connectivity index (χ1) is 8.40. The number of halogens is 1. The molecular formula is C12H17FN2O2S. The first kappa shape index (κ1) is 13.3. The van der Waals surface area contributed by atoms with Crippen LogP contribution in [0.15, 0.2) is 17.0 Å². The number of nitrogen functional groups attached to an aromatic ring is 1. The minimum Gasteiger partial charge on any atom is -0.398 e. The van der Waals surface area contributed by atoms with Crippen LogP contribution < -0.4 is 10.5 Å². The van der Waals surface area contributed by atoms with E-state index in [0.717, 1.165) is 25.3 Å². The van der Waals surface area contributed by atoms with E-state index >= 15 is 0 Å². The van der Waals surface area contributed by atoms with Crippen LogP contribution in [0, 0.1) is 18.7 Å². The summed E-state index contributed by atoms with van der Waals surface area (Å²) in [6.45, 7) is 1.98. The number of nitrogens with two attached hydrogens (primary N) is 1. The zero-order valence-electron chi connectivity index (χ0n) is 10.2. The minimum atomic E-state index is -3.80. The summed E-state index contributed by atoms with van der Waals surface area (Å²) in [4.78, 5) is -0.374. The highest BCUT2D eigenvalue weighted by Gasteiger charge is 2.23. The van der Waals surface area contributed by atoms with Gasteiger partial charge in [0.25, 0.3) is 0 Å². The molecule has 0 bridgehead atoms. The SMILES string of the molecule is Cc1cc(F)c(S(=O)(=O)NCCC2CC2)cc1N. The number of anilines is 1. The summed E-state index contributed by atoms with van der Waals surface area (Å²) in [5.41, 5.74) is 6.42. The monoisotopic (exact) mass is 272 g/mol. The molecule has 6 heteroatoms. The number of aryl methyl sites for hydroxylation is 1. The van der Waals surface area contributed by atoms with E-state index in [-0.39, 0.29) is 10.6 Å². The minimum absolute atomic E-state index is 0.277. The maximum atomic E-state index is 13.6. The fourth-order valence-corrected chi connectivity index (χ4v) is 2.90. The molecule has 0 aromatic heterocycles. The average molecular weight is 272 g/mol. The quantitative estimate of drug-likeness (QED) is 0.803. The maximum absolute atomic E-state index is 13.6. The van der Waals surface area contributed by atoms with Crippen LogP contribution in [0.4, 0.5) is 10.1 Å². The Balaban J connectivity index is 2.14. The summed E-state index contributed by atoms with van der Waals surface area (Å²) in [5.74, 6) is -0.138. The predicted octanol–water partition coefficient (Wildman–Crippen LogP) is 1.79. The largest absolute Gasteiger partial charge is 0.398 e. The van der Waals surface area contributed by atoms with Crippen LogP contribution in [0.25, 0.3) is 0 Å². The first-order valence-corrected chi connectivity index (χ1v) is 7.44. The van der Waals surface area contributed by atoms with Gasteiger partial charge >= 0.3 is 0 Å². The third kappa shape index (κ3) is 3.00. The molecule has 1 aromatic carbocycles. The zero-order chi connectivity index (χ0) is 13.3. The Hall–Kier alpha value is -1.14. The smallest absolute Gasteiger partial charge is 0.243 e. The van der Waals surface area contributed by atoms with Crippen molar-refractivity contribution in [2.45, 2.75) is 31.1 Å². The van der Waals surface area contributed by atoms with E-state index in [1.807, 2.05) is 0 Å². The summed E-state index contributed by atoms with van der Waals surface area (Å²) in [7, 11) is -3.80. The molecule has 3 N–H and O–H groups in total. The molecule has 0 spiro atoms. The van der Waals surface area contributed by atoms with E-state index < -0.39 is 15.8 Å². The summed E-state index contributed by atoms with van der Waals surface area (Å²) >= 11 is 0. The Kier molecular flexibility index (Phi) is 3.59. The summed E-state index contributed by atoms with van der Waals surface area (Å²) in [6.07, 6.45) is 3.13. The fourth-order valence-electron chi connectivity index (χ4n) is 1.76. The number of benzene rings is 1. The highest BCUT2D eigenvalue weighted by Crippen LogP contribution is 2.32. The standard InChI is InChI=1S/C12H17FN2O2S/c1-8-6-10(13)12(7-11(8)14)18(16,17)15-5-4-9-2-3-9/h6-7,9,15H,2-5,14H2,1H3. The Labute approximate surface area is 106 Å². The third-order valence-electron chi connectivity index (χ3n) is 3.15. The lowest BCUT2D eigenvalue weighted by molar-refractivity contribution is 0.553. The number of sulfonamides is 1. The molecular weight excluding hydrogens is 255 g/mol. The van der Waals surface area contributed by atoms with E-state index in [9.17, 15) is 12.8 Å². The van der Waals surface area contributed by atoms with Gasteiger partial charge < -0.3 is 5.73 Å². The molecule has 2 rings (SSSR count). The molecule has 0 amide bonds. The van der Waals surface area contributed by atoms with Gasteiger partial charge in [0, 0.05) is 12.2 Å². The molecule has 1 aliphatic carbocycles. The van der Waals surface area contributed by atoms with Gasteiger partial charge in [-0.25, -0.2) is 17.5 Å². The topological polar surface area (TPSA) is 72.2 Å². The number of hydrogen-bond acceptors (Lipinski definition) is 3. The Morgan fingerprint density at radius 1 is 1.44 bits per heavy atom. The lowest BCUT2D eigenvalue weighted by Gasteiger charge is -2.09. The molecule has 1 saturated carbocycles. The van der Waals surface area contributed by atoms with E-state index in [4.69, 9.17) is 5.73 Å². The van der Waals surface area contributed by atoms with E-state index in [1.165, 1.54) is 6.07 Å². The summed E-state index contributed by atoms with van der Waals surface area (Å²) in [5, 5.41) is 0. The normalized spacial score (nSPS) is 15.9. The first-order valence-electron chi connectivity index (χ1n) is 5.95. The fraction of sp³-hybridized carbons (Fsp3) is 0.500. The Bertz CT molecular complexity index is 553. The number of nitrogens with one attached hydrogen (secondary N) is 1. The molecule has 0 radical (unpaired) electrons. The maximum Gasteiger partial charge on any atom is 0.243 e. The van der Waals surface area contributed by atoms with Crippen LogP contribution in [0.2, 0.25) is 0 Å². The van der Waals surface area contributed by atoms with Crippen molar-refractivity contribution in [3.63, 3.8) is 0 Å². The molecule has 0 unspecified atom stereocenters.